The first-order valence-corrected chi connectivity index (χ1v) is 9.15. The third-order valence-corrected chi connectivity index (χ3v) is 4.89. The zero-order valence-corrected chi connectivity index (χ0v) is 16.8. The Balaban J connectivity index is 2.37. The number of nitrogens with zero attached hydrogens (tertiary/aromatic N) is 2. The highest BCUT2D eigenvalue weighted by Gasteiger charge is 2.37. The van der Waals surface area contributed by atoms with Crippen molar-refractivity contribution in [1.82, 2.24) is 10.4 Å². The van der Waals surface area contributed by atoms with E-state index in [2.05, 4.69) is 21.8 Å². The van der Waals surface area contributed by atoms with Crippen LogP contribution < -0.4 is 26.1 Å². The number of rotatable bonds is 5. The Morgan fingerprint density at radius 1 is 1.41 bits per heavy atom. The molecule has 1 atom stereocenters. The van der Waals surface area contributed by atoms with Crippen molar-refractivity contribution in [3.05, 3.63) is 57.9 Å². The highest BCUT2D eigenvalue weighted by atomic mass is 16.5. The molecule has 0 spiro atoms. The summed E-state index contributed by atoms with van der Waals surface area (Å²) in [5, 5.41) is 12.6. The van der Waals surface area contributed by atoms with Crippen molar-refractivity contribution in [2.75, 3.05) is 19.0 Å². The normalized spacial score (nSPS) is 15.1. The Bertz CT molecular complexity index is 1040. The van der Waals surface area contributed by atoms with Crippen molar-refractivity contribution in [1.29, 1.82) is 5.26 Å². The Kier molecular flexibility index (Phi) is 5.71. The summed E-state index contributed by atoms with van der Waals surface area (Å²) in [6.07, 6.45) is 1.73. The van der Waals surface area contributed by atoms with Gasteiger partial charge in [0.15, 0.2) is 0 Å². The van der Waals surface area contributed by atoms with E-state index in [0.717, 1.165) is 16.8 Å². The molecule has 8 nitrogen and oxygen atoms in total. The van der Waals surface area contributed by atoms with E-state index in [9.17, 15) is 10.1 Å². The number of hydrogen-bond acceptors (Lipinski definition) is 7. The fourth-order valence-corrected chi connectivity index (χ4v) is 3.62. The van der Waals surface area contributed by atoms with Crippen LogP contribution in [0.4, 0.5) is 5.69 Å². The predicted molar refractivity (Wildman–Crippen MR) is 108 cm³/mol. The zero-order chi connectivity index (χ0) is 21.1. The van der Waals surface area contributed by atoms with E-state index in [1.54, 1.807) is 24.4 Å². The molecule has 8 heteroatoms. The summed E-state index contributed by atoms with van der Waals surface area (Å²) in [7, 11) is 1.53. The molecule has 0 radical (unpaired) electrons. The first-order valence-electron chi connectivity index (χ1n) is 9.15. The highest BCUT2D eigenvalue weighted by Crippen LogP contribution is 2.48. The van der Waals surface area contributed by atoms with E-state index < -0.39 is 11.8 Å². The first kappa shape index (κ1) is 20.2. The molecular weight excluding hydrogens is 370 g/mol. The van der Waals surface area contributed by atoms with Gasteiger partial charge in [0.2, 0.25) is 5.88 Å². The second kappa shape index (κ2) is 8.20. The molecule has 1 unspecified atom stereocenters. The van der Waals surface area contributed by atoms with Gasteiger partial charge in [-0.2, -0.15) is 5.26 Å². The van der Waals surface area contributed by atoms with Gasteiger partial charge in [0.1, 0.15) is 5.75 Å². The molecule has 2 heterocycles. The molecule has 4 N–H and O–H groups in total. The maximum atomic E-state index is 12.8. The second-order valence-corrected chi connectivity index (χ2v) is 6.61. The van der Waals surface area contributed by atoms with Crippen molar-refractivity contribution in [3.8, 4) is 17.7 Å². The van der Waals surface area contributed by atoms with Crippen LogP contribution in [0.25, 0.3) is 0 Å². The summed E-state index contributed by atoms with van der Waals surface area (Å²) in [6, 6.07) is 7.23. The van der Waals surface area contributed by atoms with Crippen LogP contribution in [0, 0.1) is 18.3 Å². The number of amides is 1. The molecule has 150 valence electrons. The standard InChI is InChI=1S/C21H23N5O3/c1-5-29-21-18-17(14-7-6-13(9-22)8-15(14)28-4)16(20(27)26-23)12(3)25-19(18)11(2)10-24-21/h6-8,10,17,25H,5,23H2,1-4H3,(H,26,27). The van der Waals surface area contributed by atoms with Crippen molar-refractivity contribution >= 4 is 11.6 Å². The van der Waals surface area contributed by atoms with Gasteiger partial charge < -0.3 is 14.8 Å². The minimum atomic E-state index is -0.550. The summed E-state index contributed by atoms with van der Waals surface area (Å²) in [4.78, 5) is 17.2. The molecule has 1 amide bonds. The third kappa shape index (κ3) is 3.48. The number of nitriles is 1. The van der Waals surface area contributed by atoms with E-state index in [1.807, 2.05) is 20.8 Å². The summed E-state index contributed by atoms with van der Waals surface area (Å²) >= 11 is 0. The number of fused-ring (bicyclic) bond motifs is 1. The molecule has 29 heavy (non-hydrogen) atoms. The van der Waals surface area contributed by atoms with E-state index in [0.29, 0.717) is 40.6 Å². The fourth-order valence-electron chi connectivity index (χ4n) is 3.62. The molecule has 0 saturated heterocycles. The van der Waals surface area contributed by atoms with E-state index in [4.69, 9.17) is 15.3 Å². The largest absolute Gasteiger partial charge is 0.496 e. The van der Waals surface area contributed by atoms with Gasteiger partial charge in [-0.15, -0.1) is 0 Å². The van der Waals surface area contributed by atoms with Crippen molar-refractivity contribution in [2.24, 2.45) is 5.84 Å². The number of pyridine rings is 1. The number of nitrogens with one attached hydrogen (secondary N) is 2. The predicted octanol–water partition coefficient (Wildman–Crippen LogP) is 2.49. The third-order valence-electron chi connectivity index (χ3n) is 4.89. The minimum Gasteiger partial charge on any atom is -0.496 e. The van der Waals surface area contributed by atoms with Crippen LogP contribution in [-0.2, 0) is 4.79 Å². The fraction of sp³-hybridized carbons (Fsp3) is 0.286. The highest BCUT2D eigenvalue weighted by molar-refractivity contribution is 5.99. The SMILES string of the molecule is CCOc1ncc(C)c2c1C(c1ccc(C#N)cc1OC)C(C(=O)NN)=C(C)N2. The molecule has 0 aliphatic carbocycles. The van der Waals surface area contributed by atoms with Crippen LogP contribution in [-0.4, -0.2) is 24.6 Å². The van der Waals surface area contributed by atoms with Crippen molar-refractivity contribution in [3.63, 3.8) is 0 Å². The molecule has 0 fully saturated rings. The van der Waals surface area contributed by atoms with Gasteiger partial charge >= 0.3 is 0 Å². The Morgan fingerprint density at radius 2 is 2.17 bits per heavy atom. The average molecular weight is 393 g/mol. The number of aromatic nitrogens is 1. The Labute approximate surface area is 169 Å². The molecule has 1 aromatic carbocycles. The lowest BCUT2D eigenvalue weighted by Gasteiger charge is -2.32. The number of ether oxygens (including phenoxy) is 2. The van der Waals surface area contributed by atoms with E-state index >= 15 is 0 Å². The van der Waals surface area contributed by atoms with Crippen LogP contribution in [0.5, 0.6) is 11.6 Å². The number of benzene rings is 1. The summed E-state index contributed by atoms with van der Waals surface area (Å²) in [5.41, 5.74) is 6.94. The number of carbonyl (C=O) groups is 1. The quantitative estimate of drug-likeness (QED) is 0.405. The van der Waals surface area contributed by atoms with Crippen LogP contribution in [0.2, 0.25) is 0 Å². The summed E-state index contributed by atoms with van der Waals surface area (Å²) in [6.45, 7) is 6.04. The molecule has 0 bridgehead atoms. The minimum absolute atomic E-state index is 0.418. The number of anilines is 1. The lowest BCUT2D eigenvalue weighted by Crippen LogP contribution is -2.36. The molecular formula is C21H23N5O3. The van der Waals surface area contributed by atoms with Gasteiger partial charge in [0, 0.05) is 23.0 Å². The number of allylic oxidation sites excluding steroid dienone is 1. The Hall–Kier alpha value is -3.57. The van der Waals surface area contributed by atoms with Gasteiger partial charge in [-0.3, -0.25) is 10.2 Å². The smallest absolute Gasteiger partial charge is 0.263 e. The van der Waals surface area contributed by atoms with Gasteiger partial charge in [0.25, 0.3) is 5.91 Å². The Morgan fingerprint density at radius 3 is 2.79 bits per heavy atom. The molecule has 1 aliphatic rings. The number of aryl methyl sites for hydroxylation is 1. The molecule has 3 rings (SSSR count). The van der Waals surface area contributed by atoms with Crippen LogP contribution >= 0.6 is 0 Å². The number of nitrogens with two attached hydrogens (primary N) is 1. The molecule has 1 aromatic heterocycles. The van der Waals surface area contributed by atoms with E-state index in [-0.39, 0.29) is 0 Å². The first-order chi connectivity index (χ1) is 14.0. The lowest BCUT2D eigenvalue weighted by atomic mass is 9.79. The van der Waals surface area contributed by atoms with Crippen LogP contribution in [0.1, 0.15) is 42.0 Å². The molecule has 1 aliphatic heterocycles. The number of carbonyl (C=O) groups excluding carboxylic acids is 1. The maximum absolute atomic E-state index is 12.8. The lowest BCUT2D eigenvalue weighted by molar-refractivity contribution is -0.117. The zero-order valence-electron chi connectivity index (χ0n) is 16.8. The molecule has 2 aromatic rings. The van der Waals surface area contributed by atoms with Crippen LogP contribution in [0.15, 0.2) is 35.7 Å². The van der Waals surface area contributed by atoms with E-state index in [1.165, 1.54) is 7.11 Å². The van der Waals surface area contributed by atoms with Gasteiger partial charge in [0.05, 0.1) is 42.5 Å². The monoisotopic (exact) mass is 393 g/mol. The molecule has 0 saturated carbocycles. The second-order valence-electron chi connectivity index (χ2n) is 6.61. The van der Waals surface area contributed by atoms with Crippen molar-refractivity contribution < 1.29 is 14.3 Å². The maximum Gasteiger partial charge on any atom is 0.263 e. The number of hydrogen-bond donors (Lipinski definition) is 3. The van der Waals surface area contributed by atoms with Crippen LogP contribution in [0.3, 0.4) is 0 Å². The van der Waals surface area contributed by atoms with Gasteiger partial charge in [-0.1, -0.05) is 6.07 Å². The average Bonchev–Trinajstić information content (AvgIpc) is 2.74. The topological polar surface area (TPSA) is 122 Å². The summed E-state index contributed by atoms with van der Waals surface area (Å²) < 4.78 is 11.4. The van der Waals surface area contributed by atoms with Crippen molar-refractivity contribution in [2.45, 2.75) is 26.7 Å². The summed E-state index contributed by atoms with van der Waals surface area (Å²) in [5.74, 6) is 5.42. The van der Waals surface area contributed by atoms with Gasteiger partial charge in [-0.05, 0) is 38.5 Å². The number of hydrazine groups is 1. The van der Waals surface area contributed by atoms with Gasteiger partial charge in [-0.25, -0.2) is 10.8 Å². The number of methoxy groups -OCH3 is 1.